The van der Waals surface area contributed by atoms with Crippen LogP contribution in [0.5, 0.6) is 0 Å². The first-order valence-electron chi connectivity index (χ1n) is 8.24. The molecule has 0 aliphatic carbocycles. The third kappa shape index (κ3) is 6.47. The molecule has 0 amide bonds. The van der Waals surface area contributed by atoms with Crippen LogP contribution in [0, 0.1) is 0 Å². The van der Waals surface area contributed by atoms with Crippen molar-refractivity contribution in [2.24, 2.45) is 0 Å². The van der Waals surface area contributed by atoms with Gasteiger partial charge in [-0.1, -0.05) is 37.6 Å². The lowest BCUT2D eigenvalue weighted by Gasteiger charge is -2.24. The number of ketones is 1. The molecule has 3 nitrogen and oxygen atoms in total. The molecule has 1 atom stereocenters. The van der Waals surface area contributed by atoms with Gasteiger partial charge in [-0.2, -0.15) is 0 Å². The van der Waals surface area contributed by atoms with Crippen molar-refractivity contribution in [3.8, 4) is 0 Å². The van der Waals surface area contributed by atoms with Crippen LogP contribution in [0.15, 0.2) is 24.3 Å². The fraction of sp³-hybridized carbons (Fsp3) is 0.611. The number of ether oxygens (including phenoxy) is 1. The van der Waals surface area contributed by atoms with Gasteiger partial charge in [0.25, 0.3) is 0 Å². The summed E-state index contributed by atoms with van der Waals surface area (Å²) in [6, 6.07) is 8.12. The van der Waals surface area contributed by atoms with Gasteiger partial charge in [0.2, 0.25) is 0 Å². The average Bonchev–Trinajstić information content (AvgIpc) is 2.55. The quantitative estimate of drug-likeness (QED) is 0.852. The van der Waals surface area contributed by atoms with Crippen LogP contribution < -0.4 is 5.32 Å². The van der Waals surface area contributed by atoms with Gasteiger partial charge in [0, 0.05) is 30.2 Å². The molecular weight excluding hydrogens is 298 g/mol. The van der Waals surface area contributed by atoms with E-state index in [-0.39, 0.29) is 11.7 Å². The Morgan fingerprint density at radius 1 is 1.27 bits per heavy atom. The van der Waals surface area contributed by atoms with Crippen molar-refractivity contribution in [1.29, 1.82) is 0 Å². The molecule has 1 saturated heterocycles. The Balaban J connectivity index is 0.00000116. The maximum Gasteiger partial charge on any atom is 0.137 e. The van der Waals surface area contributed by atoms with Crippen molar-refractivity contribution in [2.45, 2.75) is 52.0 Å². The van der Waals surface area contributed by atoms with Crippen LogP contribution in [0.3, 0.4) is 0 Å². The summed E-state index contributed by atoms with van der Waals surface area (Å²) in [6.45, 7) is 8.20. The van der Waals surface area contributed by atoms with Gasteiger partial charge in [-0.15, -0.1) is 0 Å². The number of halogens is 1. The van der Waals surface area contributed by atoms with E-state index in [0.717, 1.165) is 44.6 Å². The van der Waals surface area contributed by atoms with Crippen LogP contribution in [0.4, 0.5) is 0 Å². The van der Waals surface area contributed by atoms with Gasteiger partial charge >= 0.3 is 0 Å². The minimum atomic E-state index is -0.0420. The normalized spacial score (nSPS) is 16.5. The lowest BCUT2D eigenvalue weighted by atomic mass is 9.92. The fourth-order valence-corrected chi connectivity index (χ4v) is 2.76. The number of nitrogens with one attached hydrogen (secondary N) is 1. The highest BCUT2D eigenvalue weighted by molar-refractivity contribution is 6.30. The van der Waals surface area contributed by atoms with Crippen molar-refractivity contribution < 1.29 is 9.53 Å². The molecule has 22 heavy (non-hydrogen) atoms. The van der Waals surface area contributed by atoms with E-state index in [1.165, 1.54) is 0 Å². The van der Waals surface area contributed by atoms with E-state index in [2.05, 4.69) is 5.32 Å². The molecule has 0 radical (unpaired) electrons. The molecule has 1 N–H and O–H groups in total. The minimum Gasteiger partial charge on any atom is -0.381 e. The SMILES string of the molecule is CC.CC(=O)C(CCNC1CCOCC1)c1ccc(Cl)cc1. The maximum atomic E-state index is 11.8. The fourth-order valence-electron chi connectivity index (χ4n) is 2.63. The van der Waals surface area contributed by atoms with E-state index in [4.69, 9.17) is 16.3 Å². The second-order valence-corrected chi connectivity index (χ2v) is 5.78. The summed E-state index contributed by atoms with van der Waals surface area (Å²) >= 11 is 5.89. The second kappa shape index (κ2) is 10.8. The van der Waals surface area contributed by atoms with Crippen molar-refractivity contribution in [2.75, 3.05) is 19.8 Å². The molecule has 1 fully saturated rings. The summed E-state index contributed by atoms with van der Waals surface area (Å²) in [4.78, 5) is 11.8. The predicted molar refractivity (Wildman–Crippen MR) is 92.7 cm³/mol. The number of hydrogen-bond acceptors (Lipinski definition) is 3. The number of carbonyl (C=O) groups is 1. The van der Waals surface area contributed by atoms with Crippen LogP contribution in [-0.4, -0.2) is 31.6 Å². The highest BCUT2D eigenvalue weighted by atomic mass is 35.5. The highest BCUT2D eigenvalue weighted by Crippen LogP contribution is 2.22. The Kier molecular flexibility index (Phi) is 9.37. The van der Waals surface area contributed by atoms with Gasteiger partial charge in [0.15, 0.2) is 0 Å². The van der Waals surface area contributed by atoms with E-state index >= 15 is 0 Å². The van der Waals surface area contributed by atoms with E-state index in [1.54, 1.807) is 6.92 Å². The topological polar surface area (TPSA) is 38.3 Å². The molecule has 1 aromatic rings. The summed E-state index contributed by atoms with van der Waals surface area (Å²) in [5.74, 6) is 0.167. The van der Waals surface area contributed by atoms with E-state index < -0.39 is 0 Å². The molecule has 0 bridgehead atoms. The predicted octanol–water partition coefficient (Wildman–Crippen LogP) is 4.20. The number of hydrogen-bond donors (Lipinski definition) is 1. The van der Waals surface area contributed by atoms with Crippen molar-refractivity contribution in [1.82, 2.24) is 5.32 Å². The lowest BCUT2D eigenvalue weighted by molar-refractivity contribution is -0.118. The lowest BCUT2D eigenvalue weighted by Crippen LogP contribution is -2.36. The van der Waals surface area contributed by atoms with E-state index in [0.29, 0.717) is 11.1 Å². The van der Waals surface area contributed by atoms with Gasteiger partial charge in [0.05, 0.1) is 0 Å². The number of rotatable bonds is 6. The zero-order valence-corrected chi connectivity index (χ0v) is 14.7. The van der Waals surface area contributed by atoms with Gasteiger partial charge < -0.3 is 10.1 Å². The third-order valence-electron chi connectivity index (χ3n) is 3.85. The Hall–Kier alpha value is -0.900. The zero-order chi connectivity index (χ0) is 16.4. The van der Waals surface area contributed by atoms with Crippen LogP contribution in [0.25, 0.3) is 0 Å². The highest BCUT2D eigenvalue weighted by Gasteiger charge is 2.18. The van der Waals surface area contributed by atoms with Crippen LogP contribution in [0.2, 0.25) is 5.02 Å². The van der Waals surface area contributed by atoms with Gasteiger partial charge in [-0.3, -0.25) is 4.79 Å². The maximum absolute atomic E-state index is 11.8. The average molecular weight is 326 g/mol. The molecule has 1 unspecified atom stereocenters. The summed E-state index contributed by atoms with van der Waals surface area (Å²) in [5.41, 5.74) is 1.05. The molecule has 0 aromatic heterocycles. The number of Topliss-reactive ketones (excluding diaryl/α,β-unsaturated/α-hetero) is 1. The summed E-state index contributed by atoms with van der Waals surface area (Å²) in [5, 5.41) is 4.23. The van der Waals surface area contributed by atoms with Crippen molar-refractivity contribution in [3.05, 3.63) is 34.9 Å². The molecule has 1 heterocycles. The van der Waals surface area contributed by atoms with Crippen molar-refractivity contribution >= 4 is 17.4 Å². The van der Waals surface area contributed by atoms with Gasteiger partial charge in [-0.05, 0) is 50.4 Å². The molecular formula is C18H28ClNO2. The van der Waals surface area contributed by atoms with E-state index in [1.807, 2.05) is 38.1 Å². The van der Waals surface area contributed by atoms with Gasteiger partial charge in [0.1, 0.15) is 5.78 Å². The molecule has 1 aliphatic heterocycles. The molecule has 4 heteroatoms. The first-order chi connectivity index (χ1) is 10.7. The van der Waals surface area contributed by atoms with Crippen molar-refractivity contribution in [3.63, 3.8) is 0 Å². The third-order valence-corrected chi connectivity index (χ3v) is 4.10. The molecule has 0 spiro atoms. The van der Waals surface area contributed by atoms with Crippen LogP contribution in [-0.2, 0) is 9.53 Å². The Morgan fingerprint density at radius 3 is 2.41 bits per heavy atom. The van der Waals surface area contributed by atoms with Crippen LogP contribution in [0.1, 0.15) is 51.5 Å². The molecule has 1 aliphatic rings. The standard InChI is InChI=1S/C16H22ClNO2.C2H6/c1-12(19)16(13-2-4-14(17)5-3-13)6-9-18-15-7-10-20-11-8-15;1-2/h2-5,15-16,18H,6-11H2,1H3;1-2H3. The zero-order valence-electron chi connectivity index (χ0n) is 13.9. The Bertz CT molecular complexity index is 427. The summed E-state index contributed by atoms with van der Waals surface area (Å²) in [7, 11) is 0. The molecule has 2 rings (SSSR count). The number of carbonyl (C=O) groups excluding carboxylic acids is 1. The summed E-state index contributed by atoms with van der Waals surface area (Å²) in [6.07, 6.45) is 2.95. The first kappa shape index (κ1) is 19.1. The largest absolute Gasteiger partial charge is 0.381 e. The summed E-state index contributed by atoms with van der Waals surface area (Å²) < 4.78 is 5.34. The smallest absolute Gasteiger partial charge is 0.137 e. The van der Waals surface area contributed by atoms with Gasteiger partial charge in [-0.25, -0.2) is 0 Å². The molecule has 0 saturated carbocycles. The first-order valence-corrected chi connectivity index (χ1v) is 8.61. The minimum absolute atomic E-state index is 0.0420. The second-order valence-electron chi connectivity index (χ2n) is 5.34. The Labute approximate surface area is 139 Å². The van der Waals surface area contributed by atoms with E-state index in [9.17, 15) is 4.79 Å². The van der Waals surface area contributed by atoms with Crippen LogP contribution >= 0.6 is 11.6 Å². The monoisotopic (exact) mass is 325 g/mol. The molecule has 1 aromatic carbocycles. The number of benzene rings is 1. The molecule has 124 valence electrons. The Morgan fingerprint density at radius 2 is 1.86 bits per heavy atom.